The van der Waals surface area contributed by atoms with Crippen LogP contribution in [0.5, 0.6) is 0 Å². The summed E-state index contributed by atoms with van der Waals surface area (Å²) in [4.78, 5) is 11.3. The quantitative estimate of drug-likeness (QED) is 0.506. The normalized spacial score (nSPS) is 11.9. The summed E-state index contributed by atoms with van der Waals surface area (Å²) in [7, 11) is 0. The van der Waals surface area contributed by atoms with Crippen molar-refractivity contribution >= 4 is 5.97 Å². The Morgan fingerprint density at radius 1 is 1.21 bits per heavy atom. The molecular formula is C11H22O3. The van der Waals surface area contributed by atoms with Gasteiger partial charge >= 0.3 is 5.97 Å². The fraction of sp³-hybridized carbons (Fsp3) is 0.909. The maximum Gasteiger partial charge on any atom is 0.311 e. The molecule has 0 aromatic carbocycles. The van der Waals surface area contributed by atoms with Gasteiger partial charge in [-0.3, -0.25) is 4.79 Å². The number of hydrogen-bond donors (Lipinski definition) is 0. The highest BCUT2D eigenvalue weighted by molar-refractivity contribution is 5.75. The Morgan fingerprint density at radius 3 is 2.21 bits per heavy atom. The molecule has 0 atom stereocenters. The second-order valence-electron chi connectivity index (χ2n) is 4.85. The van der Waals surface area contributed by atoms with E-state index in [1.807, 2.05) is 20.8 Å². The van der Waals surface area contributed by atoms with Gasteiger partial charge in [-0.15, -0.1) is 0 Å². The van der Waals surface area contributed by atoms with E-state index in [-0.39, 0.29) is 5.97 Å². The zero-order chi connectivity index (χ0) is 11.2. The summed E-state index contributed by atoms with van der Waals surface area (Å²) in [6.07, 6.45) is 0. The molecular weight excluding hydrogens is 180 g/mol. The standard InChI is InChI=1S/C11H22O3/c1-9(2)8-13-6-7-14-10(12)11(3,4)5/h9H,6-8H2,1-5H3. The molecule has 3 heteroatoms. The van der Waals surface area contributed by atoms with Gasteiger partial charge in [0.2, 0.25) is 0 Å². The van der Waals surface area contributed by atoms with E-state index in [1.54, 1.807) is 0 Å². The first kappa shape index (κ1) is 13.4. The molecule has 84 valence electrons. The SMILES string of the molecule is CC(C)COCCOC(=O)C(C)(C)C. The lowest BCUT2D eigenvalue weighted by atomic mass is 9.97. The molecule has 0 fully saturated rings. The highest BCUT2D eigenvalue weighted by Gasteiger charge is 2.22. The first-order valence-electron chi connectivity index (χ1n) is 5.09. The second kappa shape index (κ2) is 6.02. The third-order valence-corrected chi connectivity index (χ3v) is 1.52. The molecule has 0 saturated heterocycles. The number of ether oxygens (including phenoxy) is 2. The van der Waals surface area contributed by atoms with Crippen LogP contribution in [0, 0.1) is 11.3 Å². The van der Waals surface area contributed by atoms with Gasteiger partial charge in [0.1, 0.15) is 6.61 Å². The van der Waals surface area contributed by atoms with E-state index in [1.165, 1.54) is 0 Å². The molecule has 0 saturated carbocycles. The van der Waals surface area contributed by atoms with Gasteiger partial charge in [0.05, 0.1) is 12.0 Å². The van der Waals surface area contributed by atoms with Crippen LogP contribution >= 0.6 is 0 Å². The molecule has 0 bridgehead atoms. The smallest absolute Gasteiger partial charge is 0.311 e. The Bertz CT molecular complexity index is 168. The van der Waals surface area contributed by atoms with Crippen LogP contribution < -0.4 is 0 Å². The monoisotopic (exact) mass is 202 g/mol. The van der Waals surface area contributed by atoms with Crippen molar-refractivity contribution in [3.8, 4) is 0 Å². The van der Waals surface area contributed by atoms with Gasteiger partial charge in [-0.25, -0.2) is 0 Å². The predicted octanol–water partition coefficient (Wildman–Crippen LogP) is 2.25. The molecule has 0 aliphatic rings. The number of hydrogen-bond acceptors (Lipinski definition) is 3. The fourth-order valence-electron chi connectivity index (χ4n) is 0.729. The molecule has 0 aromatic heterocycles. The average Bonchev–Trinajstić information content (AvgIpc) is 2.01. The number of carbonyl (C=O) groups is 1. The molecule has 0 spiro atoms. The summed E-state index contributed by atoms with van der Waals surface area (Å²) in [5.74, 6) is 0.346. The topological polar surface area (TPSA) is 35.5 Å². The van der Waals surface area contributed by atoms with Crippen LogP contribution in [0.25, 0.3) is 0 Å². The lowest BCUT2D eigenvalue weighted by molar-refractivity contribution is -0.154. The molecule has 0 amide bonds. The lowest BCUT2D eigenvalue weighted by Gasteiger charge is -2.16. The Labute approximate surface area is 86.8 Å². The van der Waals surface area contributed by atoms with Crippen LogP contribution in [-0.4, -0.2) is 25.8 Å². The van der Waals surface area contributed by atoms with Crippen LogP contribution in [0.15, 0.2) is 0 Å². The van der Waals surface area contributed by atoms with Gasteiger partial charge in [-0.1, -0.05) is 13.8 Å². The summed E-state index contributed by atoms with van der Waals surface area (Å²) < 4.78 is 10.3. The van der Waals surface area contributed by atoms with E-state index in [4.69, 9.17) is 9.47 Å². The third-order valence-electron chi connectivity index (χ3n) is 1.52. The van der Waals surface area contributed by atoms with Gasteiger partial charge in [0, 0.05) is 6.61 Å². The van der Waals surface area contributed by atoms with Crippen molar-refractivity contribution in [3.63, 3.8) is 0 Å². The van der Waals surface area contributed by atoms with Crippen molar-refractivity contribution in [2.75, 3.05) is 19.8 Å². The Kier molecular flexibility index (Phi) is 5.77. The third kappa shape index (κ3) is 6.89. The van der Waals surface area contributed by atoms with Crippen LogP contribution in [0.2, 0.25) is 0 Å². The minimum Gasteiger partial charge on any atom is -0.463 e. The van der Waals surface area contributed by atoms with E-state index in [0.717, 1.165) is 0 Å². The molecule has 3 nitrogen and oxygen atoms in total. The summed E-state index contributed by atoms with van der Waals surface area (Å²) in [6, 6.07) is 0. The molecule has 0 aromatic rings. The highest BCUT2D eigenvalue weighted by atomic mass is 16.6. The molecule has 14 heavy (non-hydrogen) atoms. The maximum absolute atomic E-state index is 11.3. The first-order valence-corrected chi connectivity index (χ1v) is 5.09. The average molecular weight is 202 g/mol. The summed E-state index contributed by atoms with van der Waals surface area (Å²) in [5.41, 5.74) is -0.419. The van der Waals surface area contributed by atoms with Crippen molar-refractivity contribution in [2.24, 2.45) is 11.3 Å². The minimum absolute atomic E-state index is 0.175. The molecule has 0 N–H and O–H groups in total. The summed E-state index contributed by atoms with van der Waals surface area (Å²) in [5, 5.41) is 0. The van der Waals surface area contributed by atoms with E-state index in [0.29, 0.717) is 25.7 Å². The van der Waals surface area contributed by atoms with Crippen LogP contribution in [0.1, 0.15) is 34.6 Å². The number of carbonyl (C=O) groups excluding carboxylic acids is 1. The van der Waals surface area contributed by atoms with E-state index >= 15 is 0 Å². The molecule has 0 radical (unpaired) electrons. The molecule has 0 aliphatic heterocycles. The molecule has 0 rings (SSSR count). The summed E-state index contributed by atoms with van der Waals surface area (Å²) >= 11 is 0. The van der Waals surface area contributed by atoms with Gasteiger partial charge in [-0.05, 0) is 26.7 Å². The number of rotatable bonds is 5. The van der Waals surface area contributed by atoms with Gasteiger partial charge < -0.3 is 9.47 Å². The van der Waals surface area contributed by atoms with Gasteiger partial charge in [-0.2, -0.15) is 0 Å². The second-order valence-corrected chi connectivity index (χ2v) is 4.85. The van der Waals surface area contributed by atoms with Crippen LogP contribution in [0.4, 0.5) is 0 Å². The summed E-state index contributed by atoms with van der Waals surface area (Å²) in [6.45, 7) is 11.2. The molecule has 0 unspecified atom stereocenters. The van der Waals surface area contributed by atoms with Crippen molar-refractivity contribution in [3.05, 3.63) is 0 Å². The Hall–Kier alpha value is -0.570. The Morgan fingerprint density at radius 2 is 1.79 bits per heavy atom. The molecule has 0 aliphatic carbocycles. The van der Waals surface area contributed by atoms with Crippen LogP contribution in [-0.2, 0) is 14.3 Å². The first-order chi connectivity index (χ1) is 6.34. The fourth-order valence-corrected chi connectivity index (χ4v) is 0.729. The van der Waals surface area contributed by atoms with Crippen molar-refractivity contribution in [2.45, 2.75) is 34.6 Å². The largest absolute Gasteiger partial charge is 0.463 e. The van der Waals surface area contributed by atoms with Gasteiger partial charge in [0.15, 0.2) is 0 Å². The maximum atomic E-state index is 11.3. The van der Waals surface area contributed by atoms with E-state index < -0.39 is 5.41 Å². The highest BCUT2D eigenvalue weighted by Crippen LogP contribution is 2.14. The minimum atomic E-state index is -0.419. The van der Waals surface area contributed by atoms with E-state index in [9.17, 15) is 4.79 Å². The lowest BCUT2D eigenvalue weighted by Crippen LogP contribution is -2.24. The molecule has 0 heterocycles. The predicted molar refractivity (Wildman–Crippen MR) is 56.1 cm³/mol. The Balaban J connectivity index is 3.42. The van der Waals surface area contributed by atoms with Crippen LogP contribution in [0.3, 0.4) is 0 Å². The van der Waals surface area contributed by atoms with Crippen molar-refractivity contribution < 1.29 is 14.3 Å². The van der Waals surface area contributed by atoms with Crippen molar-refractivity contribution in [1.29, 1.82) is 0 Å². The van der Waals surface area contributed by atoms with Crippen molar-refractivity contribution in [1.82, 2.24) is 0 Å². The zero-order valence-electron chi connectivity index (χ0n) is 9.92. The van der Waals surface area contributed by atoms with Gasteiger partial charge in [0.25, 0.3) is 0 Å². The zero-order valence-corrected chi connectivity index (χ0v) is 9.92. The van der Waals surface area contributed by atoms with E-state index in [2.05, 4.69) is 13.8 Å². The number of esters is 1.